The van der Waals surface area contributed by atoms with Gasteiger partial charge in [0.1, 0.15) is 11.6 Å². The second kappa shape index (κ2) is 8.71. The molecule has 2 aromatic rings. The van der Waals surface area contributed by atoms with Crippen molar-refractivity contribution >= 4 is 0 Å². The molecule has 0 N–H and O–H groups in total. The van der Waals surface area contributed by atoms with Crippen molar-refractivity contribution in [1.29, 1.82) is 0 Å². The van der Waals surface area contributed by atoms with Gasteiger partial charge in [0, 0.05) is 17.4 Å². The molecule has 2 fully saturated rings. The van der Waals surface area contributed by atoms with Gasteiger partial charge >= 0.3 is 0 Å². The molecule has 0 amide bonds. The van der Waals surface area contributed by atoms with Crippen LogP contribution in [0.4, 0.5) is 8.78 Å². The Bertz CT molecular complexity index is 774. The zero-order valence-corrected chi connectivity index (χ0v) is 16.4. The highest BCUT2D eigenvalue weighted by Gasteiger charge is 2.32. The van der Waals surface area contributed by atoms with Crippen LogP contribution in [0.3, 0.4) is 0 Å². The van der Waals surface area contributed by atoms with Gasteiger partial charge in [-0.05, 0) is 67.3 Å². The lowest BCUT2D eigenvalue weighted by atomic mass is 9.78. The van der Waals surface area contributed by atoms with E-state index >= 15 is 0 Å². The van der Waals surface area contributed by atoms with Crippen LogP contribution in [0.25, 0.3) is 11.1 Å². The predicted octanol–water partition coefficient (Wildman–Crippen LogP) is 6.30. The molecule has 2 aliphatic rings. The predicted molar refractivity (Wildman–Crippen MR) is 106 cm³/mol. The molecule has 4 heteroatoms. The van der Waals surface area contributed by atoms with Crippen LogP contribution >= 0.6 is 0 Å². The number of rotatable bonds is 4. The monoisotopic (exact) mass is 386 g/mol. The lowest BCUT2D eigenvalue weighted by molar-refractivity contribution is -0.228. The van der Waals surface area contributed by atoms with Crippen LogP contribution in [-0.2, 0) is 9.47 Å². The quantitative estimate of drug-likeness (QED) is 0.613. The van der Waals surface area contributed by atoms with E-state index in [0.717, 1.165) is 50.9 Å². The van der Waals surface area contributed by atoms with Crippen LogP contribution in [0.15, 0.2) is 42.5 Å². The van der Waals surface area contributed by atoms with Crippen molar-refractivity contribution in [1.82, 2.24) is 0 Å². The van der Waals surface area contributed by atoms with Gasteiger partial charge in [-0.2, -0.15) is 0 Å². The largest absolute Gasteiger partial charge is 0.352 e. The summed E-state index contributed by atoms with van der Waals surface area (Å²) in [6, 6.07) is 11.5. The van der Waals surface area contributed by atoms with Crippen molar-refractivity contribution in [2.45, 2.75) is 51.2 Å². The molecule has 1 saturated carbocycles. The van der Waals surface area contributed by atoms with Crippen LogP contribution < -0.4 is 0 Å². The van der Waals surface area contributed by atoms with E-state index in [0.29, 0.717) is 28.9 Å². The first-order valence-electron chi connectivity index (χ1n) is 10.4. The normalized spacial score (nSPS) is 28.2. The third-order valence-electron chi connectivity index (χ3n) is 6.35. The van der Waals surface area contributed by atoms with Crippen molar-refractivity contribution in [3.8, 4) is 11.1 Å². The van der Waals surface area contributed by atoms with E-state index in [9.17, 15) is 8.78 Å². The van der Waals surface area contributed by atoms with E-state index in [2.05, 4.69) is 6.92 Å². The number of ether oxygens (including phenoxy) is 2. The average Bonchev–Trinajstić information content (AvgIpc) is 2.75. The topological polar surface area (TPSA) is 18.5 Å². The minimum atomic E-state index is -0.311. The zero-order chi connectivity index (χ0) is 19.5. The average molecular weight is 386 g/mol. The molecule has 0 atom stereocenters. The van der Waals surface area contributed by atoms with Gasteiger partial charge in [-0.1, -0.05) is 31.2 Å². The van der Waals surface area contributed by atoms with Gasteiger partial charge in [0.2, 0.25) is 0 Å². The van der Waals surface area contributed by atoms with Crippen molar-refractivity contribution in [2.75, 3.05) is 13.2 Å². The van der Waals surface area contributed by atoms with Crippen molar-refractivity contribution in [3.63, 3.8) is 0 Å². The van der Waals surface area contributed by atoms with E-state index in [1.165, 1.54) is 12.1 Å². The van der Waals surface area contributed by atoms with Gasteiger partial charge in [0.05, 0.1) is 13.2 Å². The summed E-state index contributed by atoms with van der Waals surface area (Å²) in [5, 5.41) is 0. The summed E-state index contributed by atoms with van der Waals surface area (Å²) < 4.78 is 39.7. The molecule has 150 valence electrons. The molecule has 1 heterocycles. The highest BCUT2D eigenvalue weighted by Crippen LogP contribution is 2.40. The molecule has 0 aromatic heterocycles. The van der Waals surface area contributed by atoms with E-state index < -0.39 is 0 Å². The zero-order valence-electron chi connectivity index (χ0n) is 16.4. The Kier molecular flexibility index (Phi) is 6.07. The third kappa shape index (κ3) is 4.28. The molecule has 4 rings (SSSR count). The molecule has 1 saturated heterocycles. The second-order valence-electron chi connectivity index (χ2n) is 8.17. The van der Waals surface area contributed by atoms with Crippen LogP contribution in [0.2, 0.25) is 0 Å². The first-order chi connectivity index (χ1) is 13.6. The van der Waals surface area contributed by atoms with Gasteiger partial charge in [-0.15, -0.1) is 0 Å². The first-order valence-corrected chi connectivity index (χ1v) is 10.4. The second-order valence-corrected chi connectivity index (χ2v) is 8.17. The van der Waals surface area contributed by atoms with Gasteiger partial charge in [0.25, 0.3) is 0 Å². The number of benzene rings is 2. The lowest BCUT2D eigenvalue weighted by Crippen LogP contribution is -2.38. The summed E-state index contributed by atoms with van der Waals surface area (Å²) in [6.45, 7) is 3.78. The Morgan fingerprint density at radius 1 is 0.893 bits per heavy atom. The van der Waals surface area contributed by atoms with E-state index in [4.69, 9.17) is 9.47 Å². The molecule has 0 radical (unpaired) electrons. The fourth-order valence-corrected chi connectivity index (χ4v) is 4.44. The van der Waals surface area contributed by atoms with Gasteiger partial charge in [-0.3, -0.25) is 0 Å². The summed E-state index contributed by atoms with van der Waals surface area (Å²) in [5.74, 6) is 0.789. The molecular formula is C24H28F2O2. The fraction of sp³-hybridized carbons (Fsp3) is 0.500. The highest BCUT2D eigenvalue weighted by molar-refractivity contribution is 5.64. The SMILES string of the molecule is CCC1COC(C2CCC(c3ccc(-c4ccc(F)cc4)c(F)c3)CC2)OC1. The minimum absolute atomic E-state index is 0.0682. The maximum absolute atomic E-state index is 14.7. The van der Waals surface area contributed by atoms with E-state index in [-0.39, 0.29) is 17.9 Å². The molecule has 1 aliphatic heterocycles. The lowest BCUT2D eigenvalue weighted by Gasteiger charge is -2.37. The first kappa shape index (κ1) is 19.5. The molecule has 0 spiro atoms. The minimum Gasteiger partial charge on any atom is -0.352 e. The number of halogens is 2. The summed E-state index contributed by atoms with van der Waals surface area (Å²) in [6.07, 6.45) is 5.18. The Morgan fingerprint density at radius 2 is 1.57 bits per heavy atom. The van der Waals surface area contributed by atoms with Gasteiger partial charge in [0.15, 0.2) is 6.29 Å². The van der Waals surface area contributed by atoms with E-state index in [1.807, 2.05) is 12.1 Å². The number of hydrogen-bond acceptors (Lipinski definition) is 2. The molecule has 2 aromatic carbocycles. The van der Waals surface area contributed by atoms with Crippen molar-refractivity contribution < 1.29 is 18.3 Å². The third-order valence-corrected chi connectivity index (χ3v) is 6.35. The summed E-state index contributed by atoms with van der Waals surface area (Å²) >= 11 is 0. The van der Waals surface area contributed by atoms with Crippen molar-refractivity contribution in [2.24, 2.45) is 11.8 Å². The Hall–Kier alpha value is -1.78. The Morgan fingerprint density at radius 3 is 2.18 bits per heavy atom. The Labute approximate surface area is 165 Å². The fourth-order valence-electron chi connectivity index (χ4n) is 4.44. The van der Waals surface area contributed by atoms with Crippen LogP contribution in [0.5, 0.6) is 0 Å². The molecule has 1 aliphatic carbocycles. The van der Waals surface area contributed by atoms with Gasteiger partial charge in [-0.25, -0.2) is 8.78 Å². The van der Waals surface area contributed by atoms with Crippen molar-refractivity contribution in [3.05, 3.63) is 59.7 Å². The smallest absolute Gasteiger partial charge is 0.160 e. The summed E-state index contributed by atoms with van der Waals surface area (Å²) in [7, 11) is 0. The van der Waals surface area contributed by atoms with E-state index in [1.54, 1.807) is 18.2 Å². The van der Waals surface area contributed by atoms with Crippen LogP contribution in [-0.4, -0.2) is 19.5 Å². The standard InChI is InChI=1S/C24H28F2O2/c1-2-16-14-27-24(28-15-16)19-5-3-17(4-6-19)20-9-12-22(23(26)13-20)18-7-10-21(25)11-8-18/h7-13,16-17,19,24H,2-6,14-15H2,1H3. The highest BCUT2D eigenvalue weighted by atomic mass is 19.1. The molecule has 0 bridgehead atoms. The van der Waals surface area contributed by atoms with Gasteiger partial charge < -0.3 is 9.47 Å². The molecule has 0 unspecified atom stereocenters. The molecule has 28 heavy (non-hydrogen) atoms. The molecular weight excluding hydrogens is 358 g/mol. The maximum Gasteiger partial charge on any atom is 0.160 e. The van der Waals surface area contributed by atoms with Crippen LogP contribution in [0, 0.1) is 23.5 Å². The number of hydrogen-bond donors (Lipinski definition) is 0. The molecule has 2 nitrogen and oxygen atoms in total. The summed E-state index contributed by atoms with van der Waals surface area (Å²) in [5.41, 5.74) is 2.27. The summed E-state index contributed by atoms with van der Waals surface area (Å²) in [4.78, 5) is 0. The maximum atomic E-state index is 14.7. The Balaban J connectivity index is 1.37. The van der Waals surface area contributed by atoms with Crippen LogP contribution in [0.1, 0.15) is 50.5 Å².